The van der Waals surface area contributed by atoms with E-state index in [9.17, 15) is 9.59 Å². The van der Waals surface area contributed by atoms with Gasteiger partial charge in [-0.3, -0.25) is 0 Å². The predicted octanol–water partition coefficient (Wildman–Crippen LogP) is 2.78. The van der Waals surface area contributed by atoms with E-state index in [0.717, 1.165) is 11.3 Å². The standard InChI is InChI=1S/C14H15N3O4S/c1-14(2,3)21-10(18)7-17-8-6-9(13(19)20-5)22-11(8)12(15-4)16-17/h6H,7H2,1-3,5H3. The fourth-order valence-electron chi connectivity index (χ4n) is 1.84. The molecule has 2 rings (SSSR count). The van der Waals surface area contributed by atoms with Gasteiger partial charge in [0.05, 0.1) is 17.3 Å². The van der Waals surface area contributed by atoms with E-state index in [1.165, 1.54) is 11.8 Å². The van der Waals surface area contributed by atoms with Gasteiger partial charge >= 0.3 is 17.8 Å². The highest BCUT2D eigenvalue weighted by atomic mass is 32.1. The summed E-state index contributed by atoms with van der Waals surface area (Å²) < 4.78 is 11.8. The van der Waals surface area contributed by atoms with Crippen LogP contribution in [-0.2, 0) is 20.8 Å². The molecule has 0 bridgehead atoms. The fourth-order valence-corrected chi connectivity index (χ4v) is 2.84. The molecule has 0 saturated heterocycles. The van der Waals surface area contributed by atoms with Crippen LogP contribution in [0.4, 0.5) is 5.82 Å². The van der Waals surface area contributed by atoms with Crippen molar-refractivity contribution in [2.24, 2.45) is 0 Å². The second-order valence-corrected chi connectivity index (χ2v) is 6.55. The van der Waals surface area contributed by atoms with Gasteiger partial charge in [-0.15, -0.1) is 11.3 Å². The maximum absolute atomic E-state index is 11.9. The summed E-state index contributed by atoms with van der Waals surface area (Å²) in [6, 6.07) is 1.57. The zero-order valence-electron chi connectivity index (χ0n) is 12.7. The highest BCUT2D eigenvalue weighted by Gasteiger charge is 2.23. The topological polar surface area (TPSA) is 74.8 Å². The van der Waals surface area contributed by atoms with E-state index >= 15 is 0 Å². The molecule has 0 N–H and O–H groups in total. The van der Waals surface area contributed by atoms with E-state index in [2.05, 4.69) is 14.7 Å². The first-order valence-electron chi connectivity index (χ1n) is 6.43. The molecular formula is C14H15N3O4S. The normalized spacial score (nSPS) is 11.2. The van der Waals surface area contributed by atoms with Crippen LogP contribution < -0.4 is 0 Å². The van der Waals surface area contributed by atoms with Crippen LogP contribution in [0, 0.1) is 6.57 Å². The van der Waals surface area contributed by atoms with Crippen LogP contribution in [0.1, 0.15) is 30.4 Å². The van der Waals surface area contributed by atoms with Gasteiger partial charge in [-0.1, -0.05) is 6.57 Å². The zero-order chi connectivity index (χ0) is 16.5. The first-order chi connectivity index (χ1) is 10.2. The molecule has 2 aromatic rings. The Labute approximate surface area is 131 Å². The molecule has 0 fully saturated rings. The highest BCUT2D eigenvalue weighted by Crippen LogP contribution is 2.34. The third-order valence-corrected chi connectivity index (χ3v) is 3.70. The van der Waals surface area contributed by atoms with Crippen molar-refractivity contribution in [3.8, 4) is 0 Å². The van der Waals surface area contributed by atoms with E-state index in [0.29, 0.717) is 15.1 Å². The molecule has 0 atom stereocenters. The third-order valence-electron chi connectivity index (χ3n) is 2.60. The van der Waals surface area contributed by atoms with Gasteiger partial charge in [-0.2, -0.15) is 4.68 Å². The Morgan fingerprint density at radius 3 is 2.68 bits per heavy atom. The van der Waals surface area contributed by atoms with E-state index < -0.39 is 17.5 Å². The smallest absolute Gasteiger partial charge is 0.348 e. The third kappa shape index (κ3) is 3.26. The largest absolute Gasteiger partial charge is 0.465 e. The van der Waals surface area contributed by atoms with Gasteiger partial charge < -0.3 is 14.3 Å². The second kappa shape index (κ2) is 5.77. The Hall–Kier alpha value is -2.40. The van der Waals surface area contributed by atoms with Gasteiger partial charge in [0.2, 0.25) is 0 Å². The lowest BCUT2D eigenvalue weighted by Gasteiger charge is -2.18. The van der Waals surface area contributed by atoms with Crippen molar-refractivity contribution in [1.82, 2.24) is 9.78 Å². The number of rotatable bonds is 3. The van der Waals surface area contributed by atoms with Crippen molar-refractivity contribution in [2.75, 3.05) is 7.11 Å². The Morgan fingerprint density at radius 1 is 1.45 bits per heavy atom. The maximum atomic E-state index is 11.9. The molecule has 0 aliphatic rings. The molecular weight excluding hydrogens is 306 g/mol. The van der Waals surface area contributed by atoms with Gasteiger partial charge in [-0.05, 0) is 31.9 Å². The fraction of sp³-hybridized carbons (Fsp3) is 0.429. The summed E-state index contributed by atoms with van der Waals surface area (Å²) in [7, 11) is 1.29. The van der Waals surface area contributed by atoms with E-state index in [1.807, 2.05) is 0 Å². The predicted molar refractivity (Wildman–Crippen MR) is 81.1 cm³/mol. The quantitative estimate of drug-likeness (QED) is 0.642. The minimum atomic E-state index is -0.599. The van der Waals surface area contributed by atoms with Crippen LogP contribution in [0.25, 0.3) is 15.1 Å². The number of carbonyl (C=O) groups is 2. The average molecular weight is 321 g/mol. The summed E-state index contributed by atoms with van der Waals surface area (Å²) in [6.45, 7) is 12.3. The van der Waals surface area contributed by atoms with E-state index in [1.54, 1.807) is 26.8 Å². The molecule has 22 heavy (non-hydrogen) atoms. The minimum absolute atomic E-state index is 0.124. The van der Waals surface area contributed by atoms with Crippen molar-refractivity contribution >= 4 is 39.3 Å². The average Bonchev–Trinajstić information content (AvgIpc) is 2.96. The number of thiophene rings is 1. The molecule has 7 nitrogen and oxygen atoms in total. The Morgan fingerprint density at radius 2 is 2.14 bits per heavy atom. The van der Waals surface area contributed by atoms with Gasteiger partial charge in [-0.25, -0.2) is 9.59 Å². The van der Waals surface area contributed by atoms with E-state index in [4.69, 9.17) is 11.3 Å². The highest BCUT2D eigenvalue weighted by molar-refractivity contribution is 7.21. The molecule has 0 spiro atoms. The van der Waals surface area contributed by atoms with Gasteiger partial charge in [0.1, 0.15) is 10.5 Å². The number of hydrogen-bond acceptors (Lipinski definition) is 6. The zero-order valence-corrected chi connectivity index (χ0v) is 13.5. The number of methoxy groups -OCH3 is 1. The lowest BCUT2D eigenvalue weighted by molar-refractivity contribution is -0.155. The van der Waals surface area contributed by atoms with E-state index in [-0.39, 0.29) is 12.4 Å². The van der Waals surface area contributed by atoms with Crippen molar-refractivity contribution in [2.45, 2.75) is 32.9 Å². The molecule has 0 radical (unpaired) electrons. The van der Waals surface area contributed by atoms with Crippen LogP contribution in [0.3, 0.4) is 0 Å². The van der Waals surface area contributed by atoms with Gasteiger partial charge in [0, 0.05) is 0 Å². The lowest BCUT2D eigenvalue weighted by Crippen LogP contribution is -2.26. The number of esters is 2. The van der Waals surface area contributed by atoms with Crippen molar-refractivity contribution < 1.29 is 19.1 Å². The molecule has 0 aliphatic carbocycles. The molecule has 0 amide bonds. The van der Waals surface area contributed by atoms with Crippen LogP contribution in [0.2, 0.25) is 0 Å². The van der Waals surface area contributed by atoms with Crippen LogP contribution >= 0.6 is 11.3 Å². The summed E-state index contributed by atoms with van der Waals surface area (Å²) in [5.74, 6) is -0.793. The van der Waals surface area contributed by atoms with Crippen LogP contribution in [0.15, 0.2) is 6.07 Å². The molecule has 0 unspecified atom stereocenters. The Balaban J connectivity index is 2.38. The minimum Gasteiger partial charge on any atom is -0.465 e. The summed E-state index contributed by atoms with van der Waals surface area (Å²) in [5, 5.41) is 4.08. The molecule has 116 valence electrons. The SMILES string of the molecule is [C-]#[N+]c1nn(CC(=O)OC(C)(C)C)c2cc(C(=O)OC)sc12. The van der Waals surface area contributed by atoms with Gasteiger partial charge in [0.25, 0.3) is 0 Å². The van der Waals surface area contributed by atoms with Crippen LogP contribution in [-0.4, -0.2) is 34.4 Å². The van der Waals surface area contributed by atoms with Crippen LogP contribution in [0.5, 0.6) is 0 Å². The molecule has 2 aromatic heterocycles. The van der Waals surface area contributed by atoms with Crippen molar-refractivity contribution in [3.05, 3.63) is 22.4 Å². The molecule has 2 heterocycles. The number of aromatic nitrogens is 2. The van der Waals surface area contributed by atoms with Crippen molar-refractivity contribution in [3.63, 3.8) is 0 Å². The van der Waals surface area contributed by atoms with Gasteiger partial charge in [0.15, 0.2) is 6.54 Å². The number of nitrogens with zero attached hydrogens (tertiary/aromatic N) is 3. The monoisotopic (exact) mass is 321 g/mol. The summed E-state index contributed by atoms with van der Waals surface area (Å²) in [4.78, 5) is 27.2. The maximum Gasteiger partial charge on any atom is 0.348 e. The summed E-state index contributed by atoms with van der Waals surface area (Å²) >= 11 is 1.12. The number of carbonyl (C=O) groups excluding carboxylic acids is 2. The molecule has 8 heteroatoms. The first-order valence-corrected chi connectivity index (χ1v) is 7.25. The Bertz CT molecular complexity index is 776. The number of ether oxygens (including phenoxy) is 2. The second-order valence-electron chi connectivity index (χ2n) is 5.50. The summed E-state index contributed by atoms with van der Waals surface area (Å²) in [5.41, 5.74) is -0.0556. The molecule has 0 aliphatic heterocycles. The Kier molecular flexibility index (Phi) is 4.19. The number of hydrogen-bond donors (Lipinski definition) is 0. The first kappa shape index (κ1) is 16.0. The molecule has 0 saturated carbocycles. The molecule has 0 aromatic carbocycles. The lowest BCUT2D eigenvalue weighted by atomic mass is 10.2. The summed E-state index contributed by atoms with van der Waals surface area (Å²) in [6.07, 6.45) is 0. The van der Waals surface area contributed by atoms with Crippen molar-refractivity contribution in [1.29, 1.82) is 0 Å². The number of fused-ring (bicyclic) bond motifs is 1.